The lowest BCUT2D eigenvalue weighted by Gasteiger charge is -2.16. The van der Waals surface area contributed by atoms with E-state index in [1.54, 1.807) is 0 Å². The summed E-state index contributed by atoms with van der Waals surface area (Å²) in [6, 6.07) is 3.67. The van der Waals surface area contributed by atoms with E-state index < -0.39 is 15.8 Å². The van der Waals surface area contributed by atoms with Crippen molar-refractivity contribution >= 4 is 10.0 Å². The summed E-state index contributed by atoms with van der Waals surface area (Å²) in [6.07, 6.45) is 4.16. The van der Waals surface area contributed by atoms with Crippen LogP contribution in [0.1, 0.15) is 38.2 Å². The number of hydrogen-bond donors (Lipinski definition) is 2. The van der Waals surface area contributed by atoms with Gasteiger partial charge in [-0.25, -0.2) is 17.5 Å². The highest BCUT2D eigenvalue weighted by Crippen LogP contribution is 2.49. The third-order valence-corrected chi connectivity index (χ3v) is 5.40. The summed E-state index contributed by atoms with van der Waals surface area (Å²) in [5.41, 5.74) is 6.06. The molecular weight excluding hydrogens is 279 g/mol. The van der Waals surface area contributed by atoms with Gasteiger partial charge in [0.2, 0.25) is 10.0 Å². The van der Waals surface area contributed by atoms with Crippen molar-refractivity contribution in [2.75, 3.05) is 6.54 Å². The summed E-state index contributed by atoms with van der Waals surface area (Å²) in [5, 5.41) is 0. The van der Waals surface area contributed by atoms with Crippen LogP contribution >= 0.6 is 0 Å². The predicted molar refractivity (Wildman–Crippen MR) is 76.1 cm³/mol. The number of rotatable bonds is 7. The molecule has 1 aliphatic carbocycles. The van der Waals surface area contributed by atoms with E-state index in [1.807, 2.05) is 0 Å². The fraction of sp³-hybridized carbons (Fsp3) is 0.571. The van der Waals surface area contributed by atoms with Gasteiger partial charge in [-0.1, -0.05) is 19.4 Å². The Balaban J connectivity index is 2.16. The van der Waals surface area contributed by atoms with Gasteiger partial charge >= 0.3 is 0 Å². The molecule has 2 rings (SSSR count). The van der Waals surface area contributed by atoms with E-state index >= 15 is 0 Å². The molecule has 0 aliphatic heterocycles. The zero-order valence-corrected chi connectivity index (χ0v) is 12.5. The normalized spacial score (nSPS) is 17.1. The fourth-order valence-electron chi connectivity index (χ4n) is 2.50. The average molecular weight is 300 g/mol. The van der Waals surface area contributed by atoms with Crippen molar-refractivity contribution in [1.29, 1.82) is 0 Å². The molecule has 0 amide bonds. The summed E-state index contributed by atoms with van der Waals surface area (Å²) in [7, 11) is -3.71. The van der Waals surface area contributed by atoms with Crippen molar-refractivity contribution in [1.82, 2.24) is 4.72 Å². The zero-order valence-electron chi connectivity index (χ0n) is 11.7. The zero-order chi connectivity index (χ0) is 14.8. The summed E-state index contributed by atoms with van der Waals surface area (Å²) in [6.45, 7) is 2.58. The number of nitrogens with two attached hydrogens (primary N) is 1. The number of nitrogens with one attached hydrogen (secondary N) is 1. The smallest absolute Gasteiger partial charge is 0.241 e. The quantitative estimate of drug-likeness (QED) is 0.810. The molecule has 1 aromatic carbocycles. The third kappa shape index (κ3) is 3.37. The van der Waals surface area contributed by atoms with Crippen LogP contribution in [0, 0.1) is 11.2 Å². The maximum absolute atomic E-state index is 13.3. The minimum Gasteiger partial charge on any atom is -0.326 e. The fourth-order valence-corrected chi connectivity index (χ4v) is 3.91. The molecule has 3 N–H and O–H groups in total. The van der Waals surface area contributed by atoms with Crippen LogP contribution in [0.15, 0.2) is 23.1 Å². The molecule has 0 bridgehead atoms. The van der Waals surface area contributed by atoms with Crippen LogP contribution in [0.2, 0.25) is 0 Å². The van der Waals surface area contributed by atoms with E-state index in [2.05, 4.69) is 11.6 Å². The summed E-state index contributed by atoms with van der Waals surface area (Å²) < 4.78 is 40.5. The number of benzene rings is 1. The van der Waals surface area contributed by atoms with E-state index in [-0.39, 0.29) is 16.9 Å². The predicted octanol–water partition coefficient (Wildman–Crippen LogP) is 2.14. The third-order valence-electron chi connectivity index (χ3n) is 3.91. The summed E-state index contributed by atoms with van der Waals surface area (Å²) >= 11 is 0. The van der Waals surface area contributed by atoms with Crippen molar-refractivity contribution < 1.29 is 12.8 Å². The second-order valence-corrected chi connectivity index (χ2v) is 7.27. The lowest BCUT2D eigenvalue weighted by atomic mass is 10.0. The van der Waals surface area contributed by atoms with Gasteiger partial charge in [0.05, 0.1) is 4.90 Å². The Morgan fingerprint density at radius 3 is 2.65 bits per heavy atom. The van der Waals surface area contributed by atoms with Gasteiger partial charge in [0.1, 0.15) is 5.82 Å². The molecule has 0 heterocycles. The summed E-state index contributed by atoms with van der Waals surface area (Å²) in [5.74, 6) is -0.572. The molecule has 0 radical (unpaired) electrons. The van der Waals surface area contributed by atoms with Gasteiger partial charge in [-0.2, -0.15) is 0 Å². The van der Waals surface area contributed by atoms with Crippen molar-refractivity contribution in [3.05, 3.63) is 29.6 Å². The minimum absolute atomic E-state index is 0.0488. The molecule has 0 atom stereocenters. The maximum atomic E-state index is 13.3. The van der Waals surface area contributed by atoms with Crippen molar-refractivity contribution in [3.63, 3.8) is 0 Å². The van der Waals surface area contributed by atoms with Crippen molar-refractivity contribution in [2.45, 2.75) is 44.0 Å². The standard InChI is InChI=1S/C14H21FN2O2S/c1-2-5-14(6-7-14)10-17-20(18,19)13-8-12(15)4-3-11(13)9-16/h3-4,8,17H,2,5-7,9-10,16H2,1H3. The Labute approximate surface area is 119 Å². The molecule has 1 saturated carbocycles. The first-order chi connectivity index (χ1) is 9.42. The Hall–Kier alpha value is -0.980. The van der Waals surface area contributed by atoms with Gasteiger partial charge in [0.25, 0.3) is 0 Å². The highest BCUT2D eigenvalue weighted by Gasteiger charge is 2.42. The topological polar surface area (TPSA) is 72.2 Å². The summed E-state index contributed by atoms with van der Waals surface area (Å²) in [4.78, 5) is -0.0488. The van der Waals surface area contributed by atoms with Crippen molar-refractivity contribution in [2.24, 2.45) is 11.1 Å². The monoisotopic (exact) mass is 300 g/mol. The van der Waals surface area contributed by atoms with E-state index in [0.29, 0.717) is 12.1 Å². The second kappa shape index (κ2) is 5.79. The molecule has 0 saturated heterocycles. The van der Waals surface area contributed by atoms with Crippen LogP contribution in [-0.4, -0.2) is 15.0 Å². The molecule has 1 aliphatic rings. The Kier molecular flexibility index (Phi) is 4.46. The van der Waals surface area contributed by atoms with Crippen molar-refractivity contribution in [3.8, 4) is 0 Å². The molecule has 0 aromatic heterocycles. The largest absolute Gasteiger partial charge is 0.326 e. The lowest BCUT2D eigenvalue weighted by Crippen LogP contribution is -2.31. The molecule has 0 spiro atoms. The molecule has 0 unspecified atom stereocenters. The molecule has 112 valence electrons. The molecule has 4 nitrogen and oxygen atoms in total. The van der Waals surface area contributed by atoms with Crippen LogP contribution in [0.5, 0.6) is 0 Å². The number of sulfonamides is 1. The Bertz CT molecular complexity index is 583. The lowest BCUT2D eigenvalue weighted by molar-refractivity contribution is 0.449. The van der Waals surface area contributed by atoms with E-state index in [9.17, 15) is 12.8 Å². The molecular formula is C14H21FN2O2S. The van der Waals surface area contributed by atoms with Crippen LogP contribution in [0.4, 0.5) is 4.39 Å². The molecule has 6 heteroatoms. The Morgan fingerprint density at radius 1 is 1.40 bits per heavy atom. The van der Waals surface area contributed by atoms with Gasteiger partial charge in [-0.15, -0.1) is 0 Å². The number of halogens is 1. The van der Waals surface area contributed by atoms with Gasteiger partial charge in [0.15, 0.2) is 0 Å². The number of hydrogen-bond acceptors (Lipinski definition) is 3. The maximum Gasteiger partial charge on any atom is 0.241 e. The van der Waals surface area contributed by atoms with Crippen LogP contribution in [0.25, 0.3) is 0 Å². The minimum atomic E-state index is -3.71. The SMILES string of the molecule is CCCC1(CNS(=O)(=O)c2cc(F)ccc2CN)CC1. The van der Waals surface area contributed by atoms with Crippen LogP contribution in [0.3, 0.4) is 0 Å². The van der Waals surface area contributed by atoms with E-state index in [4.69, 9.17) is 5.73 Å². The van der Waals surface area contributed by atoms with Gasteiger partial charge < -0.3 is 5.73 Å². The van der Waals surface area contributed by atoms with Crippen LogP contribution < -0.4 is 10.5 Å². The first-order valence-corrected chi connectivity index (χ1v) is 8.39. The Morgan fingerprint density at radius 2 is 2.10 bits per heavy atom. The van der Waals surface area contributed by atoms with Crippen LogP contribution in [-0.2, 0) is 16.6 Å². The first kappa shape index (κ1) is 15.4. The molecule has 20 heavy (non-hydrogen) atoms. The highest BCUT2D eigenvalue weighted by atomic mass is 32.2. The first-order valence-electron chi connectivity index (χ1n) is 6.91. The van der Waals surface area contributed by atoms with E-state index in [0.717, 1.165) is 31.7 Å². The molecule has 1 aromatic rings. The van der Waals surface area contributed by atoms with Gasteiger partial charge in [-0.3, -0.25) is 0 Å². The molecule has 1 fully saturated rings. The average Bonchev–Trinajstić information content (AvgIpc) is 3.17. The van der Waals surface area contributed by atoms with Gasteiger partial charge in [-0.05, 0) is 42.4 Å². The van der Waals surface area contributed by atoms with E-state index in [1.165, 1.54) is 12.1 Å². The van der Waals surface area contributed by atoms with Gasteiger partial charge in [0, 0.05) is 13.1 Å². The highest BCUT2D eigenvalue weighted by molar-refractivity contribution is 7.89. The second-order valence-electron chi connectivity index (χ2n) is 5.53.